The van der Waals surface area contributed by atoms with Gasteiger partial charge in [0, 0.05) is 19.2 Å². The van der Waals surface area contributed by atoms with E-state index in [-0.39, 0.29) is 12.6 Å². The largest absolute Gasteiger partial charge is 0.480 e. The van der Waals surface area contributed by atoms with Crippen LogP contribution in [-0.2, 0) is 4.79 Å². The van der Waals surface area contributed by atoms with Gasteiger partial charge in [0.15, 0.2) is 6.04 Å². The molecule has 0 radical (unpaired) electrons. The van der Waals surface area contributed by atoms with Crippen LogP contribution in [0.5, 0.6) is 0 Å². The monoisotopic (exact) mass is 260 g/mol. The predicted molar refractivity (Wildman–Crippen MR) is 63.1 cm³/mol. The summed E-state index contributed by atoms with van der Waals surface area (Å²) in [5.41, 5.74) is 0. The Morgan fingerprint density at radius 1 is 1.33 bits per heavy atom. The Kier molecular flexibility index (Phi) is 5.87. The van der Waals surface area contributed by atoms with E-state index in [0.717, 1.165) is 19.3 Å². The van der Waals surface area contributed by atoms with Crippen LogP contribution in [0.25, 0.3) is 0 Å². The maximum Gasteiger partial charge on any atom is 0.328 e. The van der Waals surface area contributed by atoms with E-state index >= 15 is 0 Å². The van der Waals surface area contributed by atoms with E-state index in [4.69, 9.17) is 15.3 Å². The highest BCUT2D eigenvalue weighted by Gasteiger charge is 2.29. The zero-order valence-electron chi connectivity index (χ0n) is 10.2. The fourth-order valence-corrected chi connectivity index (χ4v) is 2.13. The third-order valence-corrected chi connectivity index (χ3v) is 3.13. The molecule has 0 aliphatic carbocycles. The lowest BCUT2D eigenvalue weighted by Gasteiger charge is -2.36. The van der Waals surface area contributed by atoms with Gasteiger partial charge in [-0.15, -0.1) is 0 Å². The molecule has 0 bridgehead atoms. The third-order valence-electron chi connectivity index (χ3n) is 3.13. The van der Waals surface area contributed by atoms with Crippen molar-refractivity contribution in [3.8, 4) is 0 Å². The van der Waals surface area contributed by atoms with Gasteiger partial charge in [0.2, 0.25) is 0 Å². The van der Waals surface area contributed by atoms with Gasteiger partial charge in [-0.05, 0) is 25.7 Å². The Morgan fingerprint density at radius 2 is 2.06 bits per heavy atom. The Bertz CT molecular complexity index is 295. The van der Waals surface area contributed by atoms with Gasteiger partial charge in [0.1, 0.15) is 0 Å². The first kappa shape index (κ1) is 14.7. The number of aliphatic carboxylic acids is 1. The summed E-state index contributed by atoms with van der Waals surface area (Å²) < 4.78 is 0. The number of carboxylic acid groups (broad SMARTS) is 1. The topological polar surface area (TPSA) is 110 Å². The quantitative estimate of drug-likeness (QED) is 0.526. The smallest absolute Gasteiger partial charge is 0.328 e. The van der Waals surface area contributed by atoms with Crippen molar-refractivity contribution < 1.29 is 24.9 Å². The van der Waals surface area contributed by atoms with Gasteiger partial charge in [-0.1, -0.05) is 0 Å². The molecule has 0 aromatic heterocycles. The van der Waals surface area contributed by atoms with Crippen molar-refractivity contribution in [3.63, 3.8) is 0 Å². The van der Waals surface area contributed by atoms with Gasteiger partial charge in [0.05, 0.1) is 6.61 Å². The second-order valence-electron chi connectivity index (χ2n) is 4.38. The highest BCUT2D eigenvalue weighted by molar-refractivity contribution is 5.82. The average molecular weight is 260 g/mol. The van der Waals surface area contributed by atoms with Crippen LogP contribution in [0.1, 0.15) is 25.7 Å². The van der Waals surface area contributed by atoms with Gasteiger partial charge in [-0.25, -0.2) is 9.59 Å². The van der Waals surface area contributed by atoms with Crippen molar-refractivity contribution in [2.24, 2.45) is 0 Å². The molecule has 1 heterocycles. The summed E-state index contributed by atoms with van der Waals surface area (Å²) in [6, 6.07) is -1.83. The van der Waals surface area contributed by atoms with Crippen LogP contribution in [0.15, 0.2) is 0 Å². The predicted octanol–water partition coefficient (Wildman–Crippen LogP) is -0.622. The summed E-state index contributed by atoms with van der Waals surface area (Å²) in [7, 11) is 0. The number of nitrogens with one attached hydrogen (secondary N) is 1. The first-order valence-electron chi connectivity index (χ1n) is 6.11. The van der Waals surface area contributed by atoms with Crippen LogP contribution in [0, 0.1) is 0 Å². The Hall–Kier alpha value is -1.34. The number of piperidine rings is 1. The van der Waals surface area contributed by atoms with Crippen molar-refractivity contribution in [2.45, 2.75) is 37.8 Å². The summed E-state index contributed by atoms with van der Waals surface area (Å²) in [5.74, 6) is -1.26. The van der Waals surface area contributed by atoms with Gasteiger partial charge in [-0.2, -0.15) is 0 Å². The van der Waals surface area contributed by atoms with Crippen LogP contribution >= 0.6 is 0 Å². The van der Waals surface area contributed by atoms with Gasteiger partial charge in [0.25, 0.3) is 0 Å². The van der Waals surface area contributed by atoms with Gasteiger partial charge < -0.3 is 25.5 Å². The fourth-order valence-electron chi connectivity index (χ4n) is 2.13. The number of urea groups is 1. The lowest BCUT2D eigenvalue weighted by Crippen LogP contribution is -2.54. The zero-order chi connectivity index (χ0) is 13.5. The van der Waals surface area contributed by atoms with Crippen LogP contribution in [-0.4, -0.2) is 64.1 Å². The molecule has 104 valence electrons. The highest BCUT2D eigenvalue weighted by atomic mass is 16.4. The number of amides is 2. The maximum atomic E-state index is 11.9. The van der Waals surface area contributed by atoms with Crippen molar-refractivity contribution >= 4 is 12.0 Å². The Balaban J connectivity index is 2.59. The number of rotatable bonds is 5. The summed E-state index contributed by atoms with van der Waals surface area (Å²) in [5, 5.41) is 28.8. The Labute approximate surface area is 105 Å². The molecule has 7 nitrogen and oxygen atoms in total. The van der Waals surface area contributed by atoms with E-state index in [1.165, 1.54) is 0 Å². The van der Waals surface area contributed by atoms with Gasteiger partial charge in [-0.3, -0.25) is 0 Å². The first-order valence-corrected chi connectivity index (χ1v) is 6.11. The second-order valence-corrected chi connectivity index (χ2v) is 4.38. The molecule has 2 amide bonds. The molecule has 0 aromatic carbocycles. The molecule has 0 aromatic rings. The standard InChI is InChI=1S/C11H20N2O5/c14-6-4-8-3-1-2-5-13(8)11(18)12-9(7-15)10(16)17/h8-9,14-15H,1-7H2,(H,12,18)(H,16,17)/t8?,9-/m0/s1. The van der Waals surface area contributed by atoms with Crippen LogP contribution in [0.2, 0.25) is 0 Å². The van der Waals surface area contributed by atoms with Crippen LogP contribution < -0.4 is 5.32 Å². The number of carbonyl (C=O) groups excluding carboxylic acids is 1. The van der Waals surface area contributed by atoms with Crippen molar-refractivity contribution in [1.82, 2.24) is 10.2 Å². The molecule has 0 spiro atoms. The molecule has 1 rings (SSSR count). The van der Waals surface area contributed by atoms with Crippen LogP contribution in [0.3, 0.4) is 0 Å². The molecule has 1 saturated heterocycles. The number of aliphatic hydroxyl groups is 2. The van der Waals surface area contributed by atoms with E-state index in [9.17, 15) is 9.59 Å². The molecule has 0 saturated carbocycles. The SMILES string of the molecule is O=C(O)[C@H](CO)NC(=O)N1CCCCC1CCO. The van der Waals surface area contributed by atoms with E-state index in [0.29, 0.717) is 13.0 Å². The molecular weight excluding hydrogens is 240 g/mol. The molecule has 7 heteroatoms. The Morgan fingerprint density at radius 3 is 2.61 bits per heavy atom. The summed E-state index contributed by atoms with van der Waals surface area (Å²) in [4.78, 5) is 24.2. The first-order chi connectivity index (χ1) is 8.60. The van der Waals surface area contributed by atoms with E-state index in [1.54, 1.807) is 4.90 Å². The number of hydrogen-bond donors (Lipinski definition) is 4. The molecule has 1 unspecified atom stereocenters. The normalized spacial score (nSPS) is 21.4. The fraction of sp³-hybridized carbons (Fsp3) is 0.818. The molecule has 4 N–H and O–H groups in total. The molecule has 18 heavy (non-hydrogen) atoms. The van der Waals surface area contributed by atoms with E-state index in [2.05, 4.69) is 5.32 Å². The second kappa shape index (κ2) is 7.17. The molecule has 1 fully saturated rings. The number of carboxylic acids is 1. The minimum absolute atomic E-state index is 0.00317. The van der Waals surface area contributed by atoms with Crippen LogP contribution in [0.4, 0.5) is 4.79 Å². The van der Waals surface area contributed by atoms with Crippen molar-refractivity contribution in [3.05, 3.63) is 0 Å². The molecular formula is C11H20N2O5. The highest BCUT2D eigenvalue weighted by Crippen LogP contribution is 2.19. The summed E-state index contributed by atoms with van der Waals surface area (Å²) in [6.07, 6.45) is 3.16. The molecule has 1 aliphatic heterocycles. The number of hydrogen-bond acceptors (Lipinski definition) is 4. The zero-order valence-corrected chi connectivity index (χ0v) is 10.2. The molecule has 1 aliphatic rings. The van der Waals surface area contributed by atoms with Crippen molar-refractivity contribution in [2.75, 3.05) is 19.8 Å². The van der Waals surface area contributed by atoms with E-state index in [1.807, 2.05) is 0 Å². The lowest BCUT2D eigenvalue weighted by molar-refractivity contribution is -0.140. The van der Waals surface area contributed by atoms with E-state index < -0.39 is 24.6 Å². The third kappa shape index (κ3) is 3.85. The minimum Gasteiger partial charge on any atom is -0.480 e. The number of carbonyl (C=O) groups is 2. The molecule has 2 atom stereocenters. The van der Waals surface area contributed by atoms with Crippen molar-refractivity contribution in [1.29, 1.82) is 0 Å². The van der Waals surface area contributed by atoms with Gasteiger partial charge >= 0.3 is 12.0 Å². The number of likely N-dealkylation sites (tertiary alicyclic amines) is 1. The lowest BCUT2D eigenvalue weighted by atomic mass is 10.00. The maximum absolute atomic E-state index is 11.9. The number of nitrogens with zero attached hydrogens (tertiary/aromatic N) is 1. The summed E-state index contributed by atoms with van der Waals surface area (Å²) >= 11 is 0. The summed E-state index contributed by atoms with van der Waals surface area (Å²) in [6.45, 7) is -0.0926. The average Bonchev–Trinajstić information content (AvgIpc) is 2.36. The number of aliphatic hydroxyl groups excluding tert-OH is 2. The minimum atomic E-state index is -1.28.